The zero-order valence-electron chi connectivity index (χ0n) is 24.7. The van der Waals surface area contributed by atoms with Crippen LogP contribution in [0.15, 0.2) is 30.3 Å². The van der Waals surface area contributed by atoms with Gasteiger partial charge in [0, 0.05) is 49.4 Å². The highest BCUT2D eigenvalue weighted by atomic mass is 16.5. The normalized spacial score (nSPS) is 20.7. The van der Waals surface area contributed by atoms with Gasteiger partial charge in [-0.1, -0.05) is 0 Å². The van der Waals surface area contributed by atoms with Gasteiger partial charge in [-0.25, -0.2) is 9.67 Å². The van der Waals surface area contributed by atoms with E-state index in [1.807, 2.05) is 19.9 Å². The lowest BCUT2D eigenvalue weighted by atomic mass is 10.1. The van der Waals surface area contributed by atoms with Crippen LogP contribution >= 0.6 is 0 Å². The van der Waals surface area contributed by atoms with Gasteiger partial charge in [-0.05, 0) is 75.3 Å². The van der Waals surface area contributed by atoms with Crippen molar-refractivity contribution >= 4 is 34.4 Å². The molecule has 4 aromatic rings. The lowest BCUT2D eigenvalue weighted by Crippen LogP contribution is -2.33. The van der Waals surface area contributed by atoms with Crippen LogP contribution in [0, 0.1) is 25.7 Å². The van der Waals surface area contributed by atoms with Gasteiger partial charge >= 0.3 is 0 Å². The molecule has 0 spiro atoms. The Kier molecular flexibility index (Phi) is 7.12. The number of Topliss-reactive ketones (excluding diaryl/α,β-unsaturated/α-hetero) is 1. The summed E-state index contributed by atoms with van der Waals surface area (Å²) in [4.78, 5) is 37.6. The van der Waals surface area contributed by atoms with Crippen LogP contribution in [0.1, 0.15) is 53.8 Å². The summed E-state index contributed by atoms with van der Waals surface area (Å²) in [5.41, 5.74) is 6.14. The van der Waals surface area contributed by atoms with Crippen molar-refractivity contribution < 1.29 is 19.4 Å². The maximum absolute atomic E-state index is 13.8. The molecule has 2 N–H and O–H groups in total. The molecule has 1 saturated carbocycles. The van der Waals surface area contributed by atoms with Gasteiger partial charge in [0.2, 0.25) is 11.8 Å². The summed E-state index contributed by atoms with van der Waals surface area (Å²) in [7, 11) is 0. The standard InChI is InChI=1S/C32H37N7O4/c1-19-13-23-15-27(33-19)29-20(2)36-39(11-12-40)31(29)43-18-22-4-3-21(14-22)17-38-28-16-24(37-9-7-25(41)8-10-37)5-6-26(28)34-32(38)35-30(23)42/h5-6,13,15-16,21-22,40H,3-4,7-12,14,17-18H2,1-2H3,(H,34,35,42)/t21-,22+/m1/s1. The number of rotatable bonds is 3. The summed E-state index contributed by atoms with van der Waals surface area (Å²) in [6.07, 6.45) is 4.23. The van der Waals surface area contributed by atoms with Crippen molar-refractivity contribution in [2.24, 2.45) is 11.8 Å². The van der Waals surface area contributed by atoms with Crippen molar-refractivity contribution in [3.63, 3.8) is 0 Å². The number of aryl methyl sites for hydroxylation is 2. The van der Waals surface area contributed by atoms with E-state index in [0.29, 0.717) is 85.5 Å². The quantitative estimate of drug-likeness (QED) is 0.369. The molecule has 43 heavy (non-hydrogen) atoms. The fourth-order valence-corrected chi connectivity index (χ4v) is 6.90. The lowest BCUT2D eigenvalue weighted by Gasteiger charge is -2.28. The Morgan fingerprint density at radius 3 is 2.67 bits per heavy atom. The molecule has 1 amide bonds. The van der Waals surface area contributed by atoms with Gasteiger partial charge < -0.3 is 19.3 Å². The van der Waals surface area contributed by atoms with Crippen LogP contribution in [0.25, 0.3) is 22.3 Å². The Morgan fingerprint density at radius 2 is 1.86 bits per heavy atom. The molecule has 2 fully saturated rings. The number of aliphatic hydroxyl groups is 1. The molecule has 2 atom stereocenters. The molecule has 0 unspecified atom stereocenters. The van der Waals surface area contributed by atoms with Crippen LogP contribution < -0.4 is 15.0 Å². The monoisotopic (exact) mass is 583 g/mol. The minimum Gasteiger partial charge on any atom is -0.477 e. The Morgan fingerprint density at radius 1 is 1.05 bits per heavy atom. The fourth-order valence-electron chi connectivity index (χ4n) is 6.90. The minimum atomic E-state index is -0.264. The molecular weight excluding hydrogens is 546 g/mol. The number of carbonyl (C=O) groups is 2. The Bertz CT molecular complexity index is 1710. The van der Waals surface area contributed by atoms with Crippen molar-refractivity contribution in [1.82, 2.24) is 24.3 Å². The van der Waals surface area contributed by atoms with Gasteiger partial charge in [0.05, 0.1) is 47.7 Å². The number of nitrogens with one attached hydrogen (secondary N) is 1. The number of nitrogens with zero attached hydrogens (tertiary/aromatic N) is 6. The highest BCUT2D eigenvalue weighted by Crippen LogP contribution is 2.38. The van der Waals surface area contributed by atoms with E-state index in [4.69, 9.17) is 14.7 Å². The number of amides is 1. The van der Waals surface area contributed by atoms with Crippen LogP contribution in [0.5, 0.6) is 5.88 Å². The number of aromatic nitrogens is 5. The van der Waals surface area contributed by atoms with E-state index in [0.717, 1.165) is 53.8 Å². The molecule has 0 radical (unpaired) electrons. The number of benzene rings is 1. The van der Waals surface area contributed by atoms with Crippen LogP contribution in [0.4, 0.5) is 11.6 Å². The molecule has 5 heterocycles. The van der Waals surface area contributed by atoms with Crippen molar-refractivity contribution in [3.8, 4) is 17.1 Å². The number of fused-ring (bicyclic) bond motifs is 9. The van der Waals surface area contributed by atoms with Crippen molar-refractivity contribution in [2.75, 3.05) is 36.5 Å². The number of hydrogen-bond donors (Lipinski definition) is 2. The third-order valence-electron chi connectivity index (χ3n) is 9.05. The van der Waals surface area contributed by atoms with Crippen LogP contribution in [-0.4, -0.2) is 67.4 Å². The van der Waals surface area contributed by atoms with Crippen molar-refractivity contribution in [3.05, 3.63) is 47.3 Å². The highest BCUT2D eigenvalue weighted by molar-refractivity contribution is 6.05. The summed E-state index contributed by atoms with van der Waals surface area (Å²) in [6, 6.07) is 9.77. The second kappa shape index (κ2) is 11.1. The average molecular weight is 584 g/mol. The molecule has 2 aliphatic heterocycles. The summed E-state index contributed by atoms with van der Waals surface area (Å²) in [6.45, 7) is 6.73. The fraction of sp³-hybridized carbons (Fsp3) is 0.469. The first-order valence-corrected chi connectivity index (χ1v) is 15.2. The van der Waals surface area contributed by atoms with E-state index in [1.54, 1.807) is 16.8 Å². The zero-order chi connectivity index (χ0) is 29.7. The van der Waals surface area contributed by atoms with Gasteiger partial charge in [-0.15, -0.1) is 0 Å². The SMILES string of the molecule is Cc1cc2cc(n1)-c1c(C)nn(CCO)c1OC[C@H]1CC[C@H](C1)Cn1c(nc3ccc(N4CCC(=O)CC4)cc31)NC2=O. The largest absolute Gasteiger partial charge is 0.477 e. The first-order chi connectivity index (χ1) is 20.9. The van der Waals surface area contributed by atoms with Gasteiger partial charge in [0.15, 0.2) is 0 Å². The number of piperidine rings is 1. The minimum absolute atomic E-state index is 0.0612. The maximum Gasteiger partial charge on any atom is 0.258 e. The van der Waals surface area contributed by atoms with Crippen LogP contribution in [0.3, 0.4) is 0 Å². The number of ketones is 1. The van der Waals surface area contributed by atoms with Gasteiger partial charge in [-0.3, -0.25) is 19.9 Å². The number of ether oxygens (including phenoxy) is 1. The molecule has 1 saturated heterocycles. The van der Waals surface area contributed by atoms with Gasteiger partial charge in [-0.2, -0.15) is 5.10 Å². The molecule has 11 heteroatoms. The van der Waals surface area contributed by atoms with Gasteiger partial charge in [0.1, 0.15) is 5.78 Å². The zero-order valence-corrected chi connectivity index (χ0v) is 24.7. The molecule has 4 bridgehead atoms. The topological polar surface area (TPSA) is 127 Å². The smallest absolute Gasteiger partial charge is 0.258 e. The third kappa shape index (κ3) is 5.26. The second-order valence-electron chi connectivity index (χ2n) is 12.1. The highest BCUT2D eigenvalue weighted by Gasteiger charge is 2.30. The summed E-state index contributed by atoms with van der Waals surface area (Å²) in [5, 5.41) is 17.5. The Labute approximate surface area is 249 Å². The van der Waals surface area contributed by atoms with E-state index < -0.39 is 0 Å². The summed E-state index contributed by atoms with van der Waals surface area (Å²) >= 11 is 0. The number of anilines is 2. The second-order valence-corrected chi connectivity index (χ2v) is 12.1. The van der Waals surface area contributed by atoms with E-state index in [2.05, 4.69) is 32.0 Å². The summed E-state index contributed by atoms with van der Waals surface area (Å²) in [5.74, 6) is 1.94. The van der Waals surface area contributed by atoms with E-state index in [9.17, 15) is 14.7 Å². The van der Waals surface area contributed by atoms with E-state index in [1.165, 1.54) is 0 Å². The number of hydrogen-bond acceptors (Lipinski definition) is 8. The van der Waals surface area contributed by atoms with E-state index >= 15 is 0 Å². The van der Waals surface area contributed by atoms with Crippen LogP contribution in [0.2, 0.25) is 0 Å². The molecule has 3 aromatic heterocycles. The Hall–Kier alpha value is -4.25. The molecule has 3 aliphatic rings. The number of pyridine rings is 1. The van der Waals surface area contributed by atoms with Gasteiger partial charge in [0.25, 0.3) is 5.91 Å². The molecule has 1 aliphatic carbocycles. The average Bonchev–Trinajstić information content (AvgIpc) is 3.67. The first kappa shape index (κ1) is 27.6. The molecular formula is C32H37N7O4. The Balaban J connectivity index is 1.31. The van der Waals surface area contributed by atoms with Crippen LogP contribution in [-0.2, 0) is 17.9 Å². The maximum atomic E-state index is 13.8. The molecule has 11 nitrogen and oxygen atoms in total. The third-order valence-corrected chi connectivity index (χ3v) is 9.05. The predicted octanol–water partition coefficient (Wildman–Crippen LogP) is 4.13. The molecule has 7 rings (SSSR count). The predicted molar refractivity (Wildman–Crippen MR) is 162 cm³/mol. The molecule has 1 aromatic carbocycles. The lowest BCUT2D eigenvalue weighted by molar-refractivity contribution is -0.119. The number of imidazole rings is 1. The van der Waals surface area contributed by atoms with Crippen molar-refractivity contribution in [2.45, 2.75) is 59.0 Å². The first-order valence-electron chi connectivity index (χ1n) is 15.2. The van der Waals surface area contributed by atoms with E-state index in [-0.39, 0.29) is 12.5 Å². The number of carbonyl (C=O) groups excluding carboxylic acids is 2. The summed E-state index contributed by atoms with van der Waals surface area (Å²) < 4.78 is 10.3. The number of aliphatic hydroxyl groups excluding tert-OH is 1. The van der Waals surface area contributed by atoms with Crippen molar-refractivity contribution in [1.29, 1.82) is 0 Å². The molecule has 224 valence electrons.